The minimum Gasteiger partial charge on any atom is -0.482 e. The normalized spacial score (nSPS) is 18.4. The van der Waals surface area contributed by atoms with E-state index in [2.05, 4.69) is 5.32 Å². The lowest BCUT2D eigenvalue weighted by Gasteiger charge is -2.31. The van der Waals surface area contributed by atoms with Gasteiger partial charge in [-0.25, -0.2) is 0 Å². The highest BCUT2D eigenvalue weighted by Gasteiger charge is 2.24. The van der Waals surface area contributed by atoms with Gasteiger partial charge in [0, 0.05) is 18.7 Å². The van der Waals surface area contributed by atoms with Crippen LogP contribution in [0.3, 0.4) is 0 Å². The number of amides is 2. The van der Waals surface area contributed by atoms with E-state index in [4.69, 9.17) is 4.74 Å². The molecule has 5 heteroatoms. The third-order valence-electron chi connectivity index (χ3n) is 4.30. The lowest BCUT2D eigenvalue weighted by Crippen LogP contribution is -2.38. The Balaban J connectivity index is 1.76. The van der Waals surface area contributed by atoms with Crippen molar-refractivity contribution >= 4 is 17.5 Å². The lowest BCUT2D eigenvalue weighted by atomic mass is 9.94. The fraction of sp³-hybridized carbons (Fsp3) is 0.500. The van der Waals surface area contributed by atoms with Crippen LogP contribution in [0.1, 0.15) is 42.5 Å². The molecule has 5 nitrogen and oxygen atoms in total. The van der Waals surface area contributed by atoms with Gasteiger partial charge >= 0.3 is 0 Å². The number of carbonyl (C=O) groups is 2. The number of nitrogens with one attached hydrogen (secondary N) is 1. The van der Waals surface area contributed by atoms with Crippen molar-refractivity contribution in [1.29, 1.82) is 0 Å². The van der Waals surface area contributed by atoms with Crippen molar-refractivity contribution in [3.63, 3.8) is 0 Å². The van der Waals surface area contributed by atoms with Crippen molar-refractivity contribution in [2.75, 3.05) is 19.0 Å². The Kier molecular flexibility index (Phi) is 3.82. The zero-order valence-electron chi connectivity index (χ0n) is 12.2. The minimum atomic E-state index is -0.166. The van der Waals surface area contributed by atoms with E-state index in [0.29, 0.717) is 23.0 Å². The summed E-state index contributed by atoms with van der Waals surface area (Å²) in [7, 11) is 1.88. The van der Waals surface area contributed by atoms with Gasteiger partial charge in [0.2, 0.25) is 0 Å². The zero-order valence-corrected chi connectivity index (χ0v) is 12.2. The number of benzene rings is 1. The predicted octanol–water partition coefficient (Wildman–Crippen LogP) is 2.42. The Bertz CT molecular complexity index is 565. The van der Waals surface area contributed by atoms with Crippen LogP contribution in [0, 0.1) is 0 Å². The summed E-state index contributed by atoms with van der Waals surface area (Å²) in [6, 6.07) is 5.53. The molecule has 0 bridgehead atoms. The molecule has 112 valence electrons. The second-order valence-electron chi connectivity index (χ2n) is 5.76. The van der Waals surface area contributed by atoms with Gasteiger partial charge in [-0.05, 0) is 31.0 Å². The van der Waals surface area contributed by atoms with E-state index < -0.39 is 0 Å². The Morgan fingerprint density at radius 1 is 1.29 bits per heavy atom. The molecule has 1 fully saturated rings. The first-order chi connectivity index (χ1) is 10.1. The summed E-state index contributed by atoms with van der Waals surface area (Å²) in [4.78, 5) is 25.7. The van der Waals surface area contributed by atoms with Gasteiger partial charge in [0.25, 0.3) is 11.8 Å². The van der Waals surface area contributed by atoms with Crippen LogP contribution in [0.5, 0.6) is 5.75 Å². The van der Waals surface area contributed by atoms with Crippen molar-refractivity contribution in [2.45, 2.75) is 38.1 Å². The first kappa shape index (κ1) is 13.9. The number of carbonyl (C=O) groups excluding carboxylic acids is 2. The molecule has 2 amide bonds. The van der Waals surface area contributed by atoms with Crippen molar-refractivity contribution in [2.24, 2.45) is 0 Å². The molecule has 1 N–H and O–H groups in total. The number of ether oxygens (including phenoxy) is 1. The molecule has 0 radical (unpaired) electrons. The maximum absolute atomic E-state index is 12.6. The molecule has 0 saturated heterocycles. The Morgan fingerprint density at radius 2 is 2.05 bits per heavy atom. The second kappa shape index (κ2) is 5.76. The lowest BCUT2D eigenvalue weighted by molar-refractivity contribution is -0.118. The third-order valence-corrected chi connectivity index (χ3v) is 4.30. The average Bonchev–Trinajstić information content (AvgIpc) is 2.53. The molecule has 21 heavy (non-hydrogen) atoms. The van der Waals surface area contributed by atoms with Crippen LogP contribution in [0.2, 0.25) is 0 Å². The predicted molar refractivity (Wildman–Crippen MR) is 79.5 cm³/mol. The molecule has 1 saturated carbocycles. The van der Waals surface area contributed by atoms with Crippen molar-refractivity contribution in [3.05, 3.63) is 23.8 Å². The Hall–Kier alpha value is -2.04. The van der Waals surface area contributed by atoms with Crippen LogP contribution in [-0.2, 0) is 4.79 Å². The molecular formula is C16H20N2O3. The van der Waals surface area contributed by atoms with Crippen LogP contribution in [0.25, 0.3) is 0 Å². The number of fused-ring (bicyclic) bond motifs is 1. The molecule has 2 aliphatic rings. The van der Waals surface area contributed by atoms with Crippen LogP contribution in [0.4, 0.5) is 5.69 Å². The second-order valence-corrected chi connectivity index (χ2v) is 5.76. The van der Waals surface area contributed by atoms with E-state index in [1.165, 1.54) is 19.3 Å². The summed E-state index contributed by atoms with van der Waals surface area (Å²) >= 11 is 0. The van der Waals surface area contributed by atoms with Gasteiger partial charge in [-0.2, -0.15) is 0 Å². The maximum Gasteiger partial charge on any atom is 0.262 e. The molecular weight excluding hydrogens is 268 g/mol. The number of hydrogen-bond acceptors (Lipinski definition) is 3. The van der Waals surface area contributed by atoms with Crippen LogP contribution >= 0.6 is 0 Å². The maximum atomic E-state index is 12.6. The summed E-state index contributed by atoms with van der Waals surface area (Å²) in [5, 5.41) is 2.73. The average molecular weight is 288 g/mol. The summed E-state index contributed by atoms with van der Waals surface area (Å²) in [6.45, 7) is 0.00308. The highest BCUT2D eigenvalue weighted by Crippen LogP contribution is 2.30. The van der Waals surface area contributed by atoms with Crippen molar-refractivity contribution < 1.29 is 14.3 Å². The van der Waals surface area contributed by atoms with Gasteiger partial charge in [0.1, 0.15) is 5.75 Å². The molecule has 1 aromatic carbocycles. The zero-order chi connectivity index (χ0) is 14.8. The molecule has 0 spiro atoms. The summed E-state index contributed by atoms with van der Waals surface area (Å²) in [5.41, 5.74) is 1.24. The van der Waals surface area contributed by atoms with Gasteiger partial charge in [-0.1, -0.05) is 19.3 Å². The van der Waals surface area contributed by atoms with E-state index in [9.17, 15) is 9.59 Å². The first-order valence-electron chi connectivity index (χ1n) is 7.49. The number of hydrogen-bond donors (Lipinski definition) is 1. The summed E-state index contributed by atoms with van der Waals surface area (Å²) < 4.78 is 5.37. The number of rotatable bonds is 2. The summed E-state index contributed by atoms with van der Waals surface area (Å²) in [5.74, 6) is 0.420. The monoisotopic (exact) mass is 288 g/mol. The molecule has 1 heterocycles. The fourth-order valence-corrected chi connectivity index (χ4v) is 3.05. The highest BCUT2D eigenvalue weighted by atomic mass is 16.5. The quantitative estimate of drug-likeness (QED) is 0.909. The number of anilines is 1. The van der Waals surface area contributed by atoms with Crippen molar-refractivity contribution in [1.82, 2.24) is 4.90 Å². The molecule has 1 aliphatic carbocycles. The van der Waals surface area contributed by atoms with Crippen LogP contribution in [-0.4, -0.2) is 36.4 Å². The molecule has 0 atom stereocenters. The highest BCUT2D eigenvalue weighted by molar-refractivity contribution is 5.99. The molecule has 0 unspecified atom stereocenters. The van der Waals surface area contributed by atoms with Crippen LogP contribution in [0.15, 0.2) is 18.2 Å². The molecule has 0 aromatic heterocycles. The van der Waals surface area contributed by atoms with Gasteiger partial charge in [-0.15, -0.1) is 0 Å². The van der Waals surface area contributed by atoms with E-state index >= 15 is 0 Å². The SMILES string of the molecule is CN(C(=O)c1ccc2c(c1)OCC(=O)N2)C1CCCCC1. The van der Waals surface area contributed by atoms with E-state index in [-0.39, 0.29) is 18.4 Å². The molecule has 1 aromatic rings. The Labute approximate surface area is 124 Å². The third kappa shape index (κ3) is 2.86. The first-order valence-corrected chi connectivity index (χ1v) is 7.49. The smallest absolute Gasteiger partial charge is 0.262 e. The van der Waals surface area contributed by atoms with Gasteiger partial charge in [0.15, 0.2) is 6.61 Å². The summed E-state index contributed by atoms with van der Waals surface area (Å²) in [6.07, 6.45) is 5.83. The molecule has 3 rings (SSSR count). The van der Waals surface area contributed by atoms with E-state index in [1.807, 2.05) is 11.9 Å². The topological polar surface area (TPSA) is 58.6 Å². The Morgan fingerprint density at radius 3 is 2.81 bits per heavy atom. The van der Waals surface area contributed by atoms with Gasteiger partial charge in [-0.3, -0.25) is 9.59 Å². The van der Waals surface area contributed by atoms with E-state index in [1.54, 1.807) is 18.2 Å². The number of nitrogens with zero attached hydrogens (tertiary/aromatic N) is 1. The standard InChI is InChI=1S/C16H20N2O3/c1-18(12-5-3-2-4-6-12)16(20)11-7-8-13-14(9-11)21-10-15(19)17-13/h7-9,12H,2-6,10H2,1H3,(H,17,19). The fourth-order valence-electron chi connectivity index (χ4n) is 3.05. The molecule has 1 aliphatic heterocycles. The minimum absolute atomic E-state index is 0.00308. The van der Waals surface area contributed by atoms with Crippen LogP contribution < -0.4 is 10.1 Å². The van der Waals surface area contributed by atoms with E-state index in [0.717, 1.165) is 12.8 Å². The van der Waals surface area contributed by atoms with Gasteiger partial charge in [0.05, 0.1) is 5.69 Å². The van der Waals surface area contributed by atoms with Crippen molar-refractivity contribution in [3.8, 4) is 5.75 Å². The van der Waals surface area contributed by atoms with Gasteiger partial charge < -0.3 is 15.0 Å². The largest absolute Gasteiger partial charge is 0.482 e.